The van der Waals surface area contributed by atoms with Crippen molar-refractivity contribution in [3.05, 3.63) is 41.0 Å². The lowest BCUT2D eigenvalue weighted by Crippen LogP contribution is -2.03. The average molecular weight is 248 g/mol. The summed E-state index contributed by atoms with van der Waals surface area (Å²) in [5.74, 6) is -1.29. The van der Waals surface area contributed by atoms with Gasteiger partial charge >= 0.3 is 11.9 Å². The first-order chi connectivity index (χ1) is 8.56. The Kier molecular flexibility index (Phi) is 5.11. The number of hydrogen-bond donors (Lipinski definition) is 1. The van der Waals surface area contributed by atoms with Gasteiger partial charge in [-0.05, 0) is 25.0 Å². The number of benzene rings is 1. The predicted molar refractivity (Wildman–Crippen MR) is 68.4 cm³/mol. The van der Waals surface area contributed by atoms with Crippen LogP contribution in [0.25, 0.3) is 6.08 Å². The number of carboxylic acids is 1. The molecule has 0 saturated heterocycles. The number of rotatable bonds is 5. The minimum absolute atomic E-state index is 0.140. The van der Waals surface area contributed by atoms with Gasteiger partial charge in [-0.25, -0.2) is 4.79 Å². The molecule has 18 heavy (non-hydrogen) atoms. The van der Waals surface area contributed by atoms with E-state index in [1.165, 1.54) is 0 Å². The molecule has 1 aromatic carbocycles. The van der Waals surface area contributed by atoms with E-state index in [1.54, 1.807) is 44.2 Å². The third-order valence-corrected chi connectivity index (χ3v) is 2.41. The van der Waals surface area contributed by atoms with Crippen LogP contribution in [0.5, 0.6) is 0 Å². The summed E-state index contributed by atoms with van der Waals surface area (Å²) in [6.45, 7) is 3.83. The van der Waals surface area contributed by atoms with Gasteiger partial charge in [0, 0.05) is 0 Å². The summed E-state index contributed by atoms with van der Waals surface area (Å²) >= 11 is 0. The molecule has 96 valence electrons. The SMILES string of the molecule is CCOC(=O)CC=Cc1cccc(C)c1C(=O)O. The molecule has 1 rings (SSSR count). The lowest BCUT2D eigenvalue weighted by Gasteiger charge is -2.04. The Bertz CT molecular complexity index is 475. The van der Waals surface area contributed by atoms with Crippen molar-refractivity contribution in [3.63, 3.8) is 0 Å². The van der Waals surface area contributed by atoms with Crippen molar-refractivity contribution >= 4 is 18.0 Å². The van der Waals surface area contributed by atoms with Gasteiger partial charge in [-0.1, -0.05) is 30.4 Å². The Hall–Kier alpha value is -2.10. The fourth-order valence-electron chi connectivity index (χ4n) is 1.62. The van der Waals surface area contributed by atoms with Crippen molar-refractivity contribution in [2.45, 2.75) is 20.3 Å². The predicted octanol–water partition coefficient (Wildman–Crippen LogP) is 2.66. The van der Waals surface area contributed by atoms with Gasteiger partial charge in [0.25, 0.3) is 0 Å². The topological polar surface area (TPSA) is 63.6 Å². The highest BCUT2D eigenvalue weighted by Gasteiger charge is 2.10. The third kappa shape index (κ3) is 3.73. The van der Waals surface area contributed by atoms with E-state index < -0.39 is 5.97 Å². The summed E-state index contributed by atoms with van der Waals surface area (Å²) in [6, 6.07) is 5.23. The van der Waals surface area contributed by atoms with Crippen molar-refractivity contribution in [1.82, 2.24) is 0 Å². The normalized spacial score (nSPS) is 10.6. The zero-order valence-electron chi connectivity index (χ0n) is 10.5. The molecule has 0 amide bonds. The molecule has 0 unspecified atom stereocenters. The summed E-state index contributed by atoms with van der Waals surface area (Å²) in [7, 11) is 0. The van der Waals surface area contributed by atoms with Crippen LogP contribution < -0.4 is 0 Å². The van der Waals surface area contributed by atoms with E-state index >= 15 is 0 Å². The molecule has 1 aromatic rings. The smallest absolute Gasteiger partial charge is 0.336 e. The van der Waals surface area contributed by atoms with Crippen molar-refractivity contribution in [2.24, 2.45) is 0 Å². The minimum Gasteiger partial charge on any atom is -0.478 e. The van der Waals surface area contributed by atoms with Crippen LogP contribution in [0.1, 0.15) is 34.8 Å². The molecule has 0 heterocycles. The van der Waals surface area contributed by atoms with Crippen LogP contribution in [-0.2, 0) is 9.53 Å². The highest BCUT2D eigenvalue weighted by molar-refractivity contribution is 5.93. The number of hydrogen-bond acceptors (Lipinski definition) is 3. The molecule has 0 radical (unpaired) electrons. The zero-order valence-corrected chi connectivity index (χ0v) is 10.5. The number of carbonyl (C=O) groups is 2. The average Bonchev–Trinajstić information content (AvgIpc) is 2.28. The fraction of sp³-hybridized carbons (Fsp3) is 0.286. The van der Waals surface area contributed by atoms with Crippen molar-refractivity contribution in [2.75, 3.05) is 6.61 Å². The second-order valence-electron chi connectivity index (χ2n) is 3.76. The number of carbonyl (C=O) groups excluding carboxylic acids is 1. The highest BCUT2D eigenvalue weighted by atomic mass is 16.5. The number of ether oxygens (including phenoxy) is 1. The Morgan fingerprint density at radius 1 is 1.39 bits per heavy atom. The van der Waals surface area contributed by atoms with Gasteiger partial charge < -0.3 is 9.84 Å². The molecule has 0 aromatic heterocycles. The maximum atomic E-state index is 11.1. The molecule has 0 saturated carbocycles. The Balaban J connectivity index is 2.85. The first-order valence-corrected chi connectivity index (χ1v) is 5.71. The van der Waals surface area contributed by atoms with Crippen LogP contribution in [0.15, 0.2) is 24.3 Å². The van der Waals surface area contributed by atoms with Crippen LogP contribution in [0.3, 0.4) is 0 Å². The summed E-state index contributed by atoms with van der Waals surface area (Å²) in [4.78, 5) is 22.2. The van der Waals surface area contributed by atoms with E-state index in [1.807, 2.05) is 0 Å². The Morgan fingerprint density at radius 2 is 2.11 bits per heavy atom. The summed E-state index contributed by atoms with van der Waals surface area (Å²) < 4.78 is 4.77. The van der Waals surface area contributed by atoms with Crippen LogP contribution in [0, 0.1) is 6.92 Å². The van der Waals surface area contributed by atoms with Gasteiger partial charge in [-0.3, -0.25) is 4.79 Å². The van der Waals surface area contributed by atoms with Gasteiger partial charge in [0.2, 0.25) is 0 Å². The summed E-state index contributed by atoms with van der Waals surface area (Å²) in [6.07, 6.45) is 3.38. The quantitative estimate of drug-likeness (QED) is 0.814. The van der Waals surface area contributed by atoms with Gasteiger partial charge in [0.05, 0.1) is 18.6 Å². The van der Waals surface area contributed by atoms with Crippen LogP contribution in [0.4, 0.5) is 0 Å². The van der Waals surface area contributed by atoms with Gasteiger partial charge in [0.1, 0.15) is 0 Å². The summed E-state index contributed by atoms with van der Waals surface area (Å²) in [5.41, 5.74) is 1.55. The molecule has 0 aliphatic heterocycles. The van der Waals surface area contributed by atoms with Crippen molar-refractivity contribution in [1.29, 1.82) is 0 Å². The third-order valence-electron chi connectivity index (χ3n) is 2.41. The minimum atomic E-state index is -0.969. The Labute approximate surface area is 106 Å². The highest BCUT2D eigenvalue weighted by Crippen LogP contribution is 2.16. The molecule has 0 aliphatic rings. The number of esters is 1. The second-order valence-corrected chi connectivity index (χ2v) is 3.76. The van der Waals surface area contributed by atoms with E-state index in [-0.39, 0.29) is 18.0 Å². The molecule has 0 bridgehead atoms. The van der Waals surface area contributed by atoms with Gasteiger partial charge in [-0.15, -0.1) is 0 Å². The van der Waals surface area contributed by atoms with Crippen LogP contribution >= 0.6 is 0 Å². The first kappa shape index (κ1) is 14.0. The fourth-order valence-corrected chi connectivity index (χ4v) is 1.62. The van der Waals surface area contributed by atoms with E-state index in [4.69, 9.17) is 9.84 Å². The zero-order chi connectivity index (χ0) is 13.5. The summed E-state index contributed by atoms with van der Waals surface area (Å²) in [5, 5.41) is 9.11. The lowest BCUT2D eigenvalue weighted by atomic mass is 10.0. The molecular formula is C14H16O4. The number of carboxylic acid groups (broad SMARTS) is 1. The van der Waals surface area contributed by atoms with Crippen LogP contribution in [0.2, 0.25) is 0 Å². The molecule has 4 nitrogen and oxygen atoms in total. The van der Waals surface area contributed by atoms with E-state index in [0.717, 1.165) is 0 Å². The molecule has 1 N–H and O–H groups in total. The number of aryl methyl sites for hydroxylation is 1. The van der Waals surface area contributed by atoms with Crippen molar-refractivity contribution in [3.8, 4) is 0 Å². The Morgan fingerprint density at radius 3 is 2.72 bits per heavy atom. The standard InChI is InChI=1S/C14H16O4/c1-3-18-12(15)9-5-8-11-7-4-6-10(2)13(11)14(16)17/h4-8H,3,9H2,1-2H3,(H,16,17). The van der Waals surface area contributed by atoms with E-state index in [0.29, 0.717) is 17.7 Å². The first-order valence-electron chi connectivity index (χ1n) is 5.71. The van der Waals surface area contributed by atoms with Gasteiger partial charge in [0.15, 0.2) is 0 Å². The largest absolute Gasteiger partial charge is 0.478 e. The van der Waals surface area contributed by atoms with Crippen molar-refractivity contribution < 1.29 is 19.4 Å². The second kappa shape index (κ2) is 6.59. The maximum Gasteiger partial charge on any atom is 0.336 e. The molecular weight excluding hydrogens is 232 g/mol. The molecule has 0 aliphatic carbocycles. The number of aromatic carboxylic acids is 1. The molecule has 0 spiro atoms. The maximum absolute atomic E-state index is 11.1. The van der Waals surface area contributed by atoms with E-state index in [9.17, 15) is 9.59 Å². The molecule has 0 atom stereocenters. The van der Waals surface area contributed by atoms with Crippen LogP contribution in [-0.4, -0.2) is 23.7 Å². The monoisotopic (exact) mass is 248 g/mol. The van der Waals surface area contributed by atoms with Gasteiger partial charge in [-0.2, -0.15) is 0 Å². The van der Waals surface area contributed by atoms with E-state index in [2.05, 4.69) is 0 Å². The molecule has 0 fully saturated rings. The molecule has 4 heteroatoms. The lowest BCUT2D eigenvalue weighted by molar-refractivity contribution is -0.142.